The van der Waals surface area contributed by atoms with Crippen LogP contribution in [0.15, 0.2) is 53.2 Å². The lowest BCUT2D eigenvalue weighted by Gasteiger charge is -2.20. The van der Waals surface area contributed by atoms with Gasteiger partial charge in [0.05, 0.1) is 12.6 Å². The van der Waals surface area contributed by atoms with Gasteiger partial charge in [0.2, 0.25) is 5.76 Å². The number of carbonyl (C=O) groups is 2. The second-order valence-electron chi connectivity index (χ2n) is 7.57. The van der Waals surface area contributed by atoms with Crippen LogP contribution in [0.4, 0.5) is 0 Å². The van der Waals surface area contributed by atoms with Gasteiger partial charge in [0.1, 0.15) is 5.76 Å². The number of nitrogens with zero attached hydrogens (tertiary/aromatic N) is 2. The molecule has 1 amide bonds. The number of furan rings is 1. The van der Waals surface area contributed by atoms with Crippen LogP contribution in [0, 0.1) is 0 Å². The number of hydrogen-bond acceptors (Lipinski definition) is 5. The van der Waals surface area contributed by atoms with Crippen LogP contribution in [0.2, 0.25) is 0 Å². The molecule has 1 N–H and O–H groups in total. The first-order valence-corrected chi connectivity index (χ1v) is 10.2. The van der Waals surface area contributed by atoms with Gasteiger partial charge in [-0.3, -0.25) is 9.48 Å². The molecule has 0 saturated carbocycles. The van der Waals surface area contributed by atoms with Crippen molar-refractivity contribution >= 4 is 11.9 Å². The van der Waals surface area contributed by atoms with Crippen molar-refractivity contribution in [2.75, 3.05) is 6.61 Å². The minimum atomic E-state index is -0.668. The van der Waals surface area contributed by atoms with Gasteiger partial charge in [-0.15, -0.1) is 0 Å². The predicted molar refractivity (Wildman–Crippen MR) is 110 cm³/mol. The van der Waals surface area contributed by atoms with E-state index in [2.05, 4.69) is 28.6 Å². The Morgan fingerprint density at radius 1 is 1.20 bits per heavy atom. The highest BCUT2D eigenvalue weighted by molar-refractivity contribution is 5.88. The van der Waals surface area contributed by atoms with Gasteiger partial charge in [0, 0.05) is 12.4 Å². The summed E-state index contributed by atoms with van der Waals surface area (Å²) in [4.78, 5) is 24.4. The van der Waals surface area contributed by atoms with Gasteiger partial charge >= 0.3 is 5.97 Å². The van der Waals surface area contributed by atoms with Crippen LogP contribution in [-0.4, -0.2) is 28.3 Å². The van der Waals surface area contributed by atoms with Crippen molar-refractivity contribution in [3.05, 3.63) is 77.0 Å². The summed E-state index contributed by atoms with van der Waals surface area (Å²) in [6.07, 6.45) is 8.14. The van der Waals surface area contributed by atoms with Gasteiger partial charge in [0.15, 0.2) is 6.61 Å². The minimum Gasteiger partial charge on any atom is -0.452 e. The summed E-state index contributed by atoms with van der Waals surface area (Å²) < 4.78 is 12.3. The molecule has 0 bridgehead atoms. The summed E-state index contributed by atoms with van der Waals surface area (Å²) in [5, 5.41) is 6.98. The number of carbonyl (C=O) groups excluding carboxylic acids is 2. The number of benzene rings is 1. The first-order valence-electron chi connectivity index (χ1n) is 10.2. The summed E-state index contributed by atoms with van der Waals surface area (Å²) in [5.41, 5.74) is 3.84. The third-order valence-electron chi connectivity index (χ3n) is 5.32. The zero-order valence-electron chi connectivity index (χ0n) is 17.0. The van der Waals surface area contributed by atoms with Crippen molar-refractivity contribution in [2.45, 2.75) is 45.2 Å². The maximum atomic E-state index is 12.2. The van der Waals surface area contributed by atoms with E-state index in [0.717, 1.165) is 18.4 Å². The topological polar surface area (TPSA) is 86.4 Å². The van der Waals surface area contributed by atoms with E-state index < -0.39 is 5.97 Å². The Hall–Kier alpha value is -3.35. The molecular weight excluding hydrogens is 382 g/mol. The van der Waals surface area contributed by atoms with Crippen molar-refractivity contribution in [3.63, 3.8) is 0 Å². The molecule has 0 aliphatic heterocycles. The number of fused-ring (bicyclic) bond motifs is 1. The van der Waals surface area contributed by atoms with Crippen LogP contribution in [-0.2, 0) is 28.9 Å². The molecule has 1 aromatic carbocycles. The van der Waals surface area contributed by atoms with Crippen molar-refractivity contribution in [1.29, 1.82) is 0 Å². The molecule has 156 valence electrons. The molecule has 1 aliphatic rings. The van der Waals surface area contributed by atoms with Crippen molar-refractivity contribution in [3.8, 4) is 0 Å². The van der Waals surface area contributed by atoms with E-state index in [1.165, 1.54) is 30.0 Å². The predicted octanol–water partition coefficient (Wildman–Crippen LogP) is 3.44. The molecule has 1 atom stereocenters. The second-order valence-corrected chi connectivity index (χ2v) is 7.57. The quantitative estimate of drug-likeness (QED) is 0.607. The lowest BCUT2D eigenvalue weighted by molar-refractivity contribution is -0.124. The van der Waals surface area contributed by atoms with Crippen molar-refractivity contribution in [1.82, 2.24) is 15.1 Å². The zero-order chi connectivity index (χ0) is 20.9. The molecule has 1 aliphatic carbocycles. The average molecular weight is 407 g/mol. The summed E-state index contributed by atoms with van der Waals surface area (Å²) in [5.74, 6) is -0.376. The third-order valence-corrected chi connectivity index (χ3v) is 5.32. The molecule has 1 unspecified atom stereocenters. The third kappa shape index (κ3) is 4.79. The van der Waals surface area contributed by atoms with E-state index in [9.17, 15) is 9.59 Å². The average Bonchev–Trinajstić information content (AvgIpc) is 3.44. The van der Waals surface area contributed by atoms with Crippen LogP contribution < -0.4 is 5.32 Å². The Bertz CT molecular complexity index is 1020. The van der Waals surface area contributed by atoms with E-state index in [0.29, 0.717) is 12.3 Å². The molecule has 0 saturated heterocycles. The van der Waals surface area contributed by atoms with Crippen LogP contribution >= 0.6 is 0 Å². The number of nitrogens with one attached hydrogen (secondary N) is 1. The molecule has 4 rings (SSSR count). The van der Waals surface area contributed by atoms with E-state index in [1.54, 1.807) is 23.1 Å². The summed E-state index contributed by atoms with van der Waals surface area (Å²) >= 11 is 0. The first-order chi connectivity index (χ1) is 14.6. The molecule has 7 heteroatoms. The maximum absolute atomic E-state index is 12.2. The fourth-order valence-electron chi connectivity index (χ4n) is 3.72. The van der Waals surface area contributed by atoms with Gasteiger partial charge in [-0.2, -0.15) is 5.10 Å². The molecule has 30 heavy (non-hydrogen) atoms. The highest BCUT2D eigenvalue weighted by Gasteiger charge is 2.17. The van der Waals surface area contributed by atoms with E-state index in [-0.39, 0.29) is 24.3 Å². The van der Waals surface area contributed by atoms with Gasteiger partial charge in [-0.05, 0) is 67.5 Å². The molecule has 2 aromatic heterocycles. The van der Waals surface area contributed by atoms with Crippen molar-refractivity contribution < 1.29 is 18.7 Å². The van der Waals surface area contributed by atoms with Gasteiger partial charge in [0.25, 0.3) is 5.91 Å². The summed E-state index contributed by atoms with van der Waals surface area (Å²) in [7, 11) is 0. The number of amides is 1. The SMILES string of the molecule is CC(NC(=O)COC(=O)c1ccc(Cn2cccn2)o1)c1ccc2c(c1)CCCC2. The summed E-state index contributed by atoms with van der Waals surface area (Å²) in [6, 6.07) is 11.3. The lowest BCUT2D eigenvalue weighted by Crippen LogP contribution is -2.31. The van der Waals surface area contributed by atoms with E-state index in [4.69, 9.17) is 9.15 Å². The standard InChI is InChI=1S/C23H25N3O4/c1-16(18-8-7-17-5-2-3-6-19(17)13-18)25-22(27)15-29-23(28)21-10-9-20(30-21)14-26-12-4-11-24-26/h4,7-13,16H,2-3,5-6,14-15H2,1H3,(H,25,27). The first kappa shape index (κ1) is 19.9. The maximum Gasteiger partial charge on any atom is 0.374 e. The van der Waals surface area contributed by atoms with Crippen LogP contribution in [0.3, 0.4) is 0 Å². The zero-order valence-corrected chi connectivity index (χ0v) is 17.0. The molecule has 7 nitrogen and oxygen atoms in total. The lowest BCUT2D eigenvalue weighted by atomic mass is 9.89. The van der Waals surface area contributed by atoms with Gasteiger partial charge < -0.3 is 14.5 Å². The molecule has 0 spiro atoms. The molecule has 0 fully saturated rings. The Morgan fingerprint density at radius 3 is 2.83 bits per heavy atom. The molecular formula is C23H25N3O4. The van der Waals surface area contributed by atoms with Crippen LogP contribution in [0.25, 0.3) is 0 Å². The van der Waals surface area contributed by atoms with Crippen LogP contribution in [0.1, 0.15) is 58.8 Å². The number of rotatable bonds is 7. The highest BCUT2D eigenvalue weighted by atomic mass is 16.5. The number of hydrogen-bond donors (Lipinski definition) is 1. The Kier molecular flexibility index (Phi) is 5.97. The largest absolute Gasteiger partial charge is 0.452 e. The molecule has 0 radical (unpaired) electrons. The number of aryl methyl sites for hydroxylation is 2. The van der Waals surface area contributed by atoms with Crippen molar-refractivity contribution in [2.24, 2.45) is 0 Å². The Morgan fingerprint density at radius 2 is 2.03 bits per heavy atom. The fraction of sp³-hybridized carbons (Fsp3) is 0.348. The normalized spacial score (nSPS) is 14.0. The smallest absolute Gasteiger partial charge is 0.374 e. The second kappa shape index (κ2) is 8.98. The fourth-order valence-corrected chi connectivity index (χ4v) is 3.72. The minimum absolute atomic E-state index is 0.0627. The van der Waals surface area contributed by atoms with Gasteiger partial charge in [-0.25, -0.2) is 4.79 Å². The molecule has 2 heterocycles. The highest BCUT2D eigenvalue weighted by Crippen LogP contribution is 2.24. The number of esters is 1. The van der Waals surface area contributed by atoms with E-state index >= 15 is 0 Å². The summed E-state index contributed by atoms with van der Waals surface area (Å²) in [6.45, 7) is 1.99. The number of aromatic nitrogens is 2. The van der Waals surface area contributed by atoms with Crippen LogP contribution in [0.5, 0.6) is 0 Å². The number of ether oxygens (including phenoxy) is 1. The van der Waals surface area contributed by atoms with E-state index in [1.807, 2.05) is 13.0 Å². The Labute approximate surface area is 175 Å². The monoisotopic (exact) mass is 407 g/mol. The van der Waals surface area contributed by atoms with Gasteiger partial charge in [-0.1, -0.05) is 18.2 Å². The molecule has 3 aromatic rings. The Balaban J connectivity index is 1.27.